The van der Waals surface area contributed by atoms with E-state index in [1.165, 1.54) is 11.1 Å². The SMILES string of the molecule is c1ccc2c(c1)oc1ccc(-c3ccc(-c4ccc(N(c5ccc(-c6cccc7oc8ccccc8c67)cc5)c5ccc(-c6cccc7oc8ccccc8c67)cc5)cc4)cc3)cc12. The largest absolute Gasteiger partial charge is 0.456 e. The van der Waals surface area contributed by atoms with E-state index in [2.05, 4.69) is 193 Å². The fourth-order valence-corrected chi connectivity index (χ4v) is 9.62. The van der Waals surface area contributed by atoms with Crippen molar-refractivity contribution >= 4 is 82.9 Å². The Kier molecular flexibility index (Phi) is 8.18. The van der Waals surface area contributed by atoms with Gasteiger partial charge in [-0.15, -0.1) is 0 Å². The van der Waals surface area contributed by atoms with Crippen molar-refractivity contribution in [1.82, 2.24) is 0 Å². The third kappa shape index (κ3) is 5.92. The molecule has 0 radical (unpaired) electrons. The van der Waals surface area contributed by atoms with Gasteiger partial charge in [0.1, 0.15) is 33.5 Å². The molecule has 0 atom stereocenters. The highest BCUT2D eigenvalue weighted by Gasteiger charge is 2.18. The molecule has 0 amide bonds. The number of para-hydroxylation sites is 3. The predicted octanol–water partition coefficient (Wildman–Crippen LogP) is 17.5. The zero-order valence-corrected chi connectivity index (χ0v) is 34.5. The molecule has 10 aromatic carbocycles. The summed E-state index contributed by atoms with van der Waals surface area (Å²) in [5.41, 5.74) is 17.8. The van der Waals surface area contributed by atoms with E-state index in [4.69, 9.17) is 13.3 Å². The first-order chi connectivity index (χ1) is 31.7. The van der Waals surface area contributed by atoms with Gasteiger partial charge >= 0.3 is 0 Å². The van der Waals surface area contributed by atoms with Gasteiger partial charge < -0.3 is 18.2 Å². The topological polar surface area (TPSA) is 42.7 Å². The van der Waals surface area contributed by atoms with Crippen LogP contribution in [0.4, 0.5) is 17.1 Å². The number of furan rings is 3. The normalized spacial score (nSPS) is 11.8. The van der Waals surface area contributed by atoms with E-state index in [1.807, 2.05) is 36.4 Å². The average molecular weight is 820 g/mol. The summed E-state index contributed by atoms with van der Waals surface area (Å²) in [5, 5.41) is 6.78. The lowest BCUT2D eigenvalue weighted by atomic mass is 9.98. The lowest BCUT2D eigenvalue weighted by Gasteiger charge is -2.26. The molecule has 13 aromatic rings. The van der Waals surface area contributed by atoms with Crippen LogP contribution in [0.25, 0.3) is 110 Å². The van der Waals surface area contributed by atoms with Gasteiger partial charge in [-0.3, -0.25) is 0 Å². The van der Waals surface area contributed by atoms with Gasteiger partial charge in [-0.05, 0) is 123 Å². The Bertz CT molecular complexity index is 3710. The second-order valence-electron chi connectivity index (χ2n) is 16.4. The zero-order chi connectivity index (χ0) is 42.1. The standard InChI is InChI=1S/C60H37NO3/c1-4-14-53-49(9-1)52-37-43(29-36-56(52)62-53)40-21-19-38(20-22-40)39-23-30-44(31-24-39)61(45-32-25-41(26-33-45)47-12-7-17-57-59(47)50-10-2-5-15-54(50)63-57)46-34-27-42(28-35-46)48-13-8-18-58-60(48)51-11-3-6-16-55(51)64-58/h1-37H. The molecule has 13 rings (SSSR count). The van der Waals surface area contributed by atoms with Crippen LogP contribution in [0.1, 0.15) is 0 Å². The van der Waals surface area contributed by atoms with Crippen LogP contribution in [0.5, 0.6) is 0 Å². The third-order valence-electron chi connectivity index (χ3n) is 12.7. The Balaban J connectivity index is 0.863. The summed E-state index contributed by atoms with van der Waals surface area (Å²) in [6, 6.07) is 79.3. The van der Waals surface area contributed by atoms with Gasteiger partial charge in [-0.25, -0.2) is 0 Å². The molecule has 3 heterocycles. The lowest BCUT2D eigenvalue weighted by molar-refractivity contribution is 0.668. The maximum atomic E-state index is 6.25. The number of rotatable bonds is 7. The Morgan fingerprint density at radius 1 is 0.234 bits per heavy atom. The molecule has 4 nitrogen and oxygen atoms in total. The van der Waals surface area contributed by atoms with Gasteiger partial charge in [-0.1, -0.05) is 146 Å². The number of hydrogen-bond acceptors (Lipinski definition) is 4. The van der Waals surface area contributed by atoms with Gasteiger partial charge in [-0.2, -0.15) is 0 Å². The molecule has 0 bridgehead atoms. The zero-order valence-electron chi connectivity index (χ0n) is 34.5. The van der Waals surface area contributed by atoms with Crippen molar-refractivity contribution in [2.24, 2.45) is 0 Å². The molecular formula is C60H37NO3. The summed E-state index contributed by atoms with van der Waals surface area (Å²) < 4.78 is 18.6. The highest BCUT2D eigenvalue weighted by Crippen LogP contribution is 2.42. The summed E-state index contributed by atoms with van der Waals surface area (Å²) >= 11 is 0. The highest BCUT2D eigenvalue weighted by atomic mass is 16.3. The summed E-state index contributed by atoms with van der Waals surface area (Å²) in [5.74, 6) is 0. The van der Waals surface area contributed by atoms with Gasteiger partial charge in [0.15, 0.2) is 0 Å². The van der Waals surface area contributed by atoms with E-state index in [9.17, 15) is 0 Å². The summed E-state index contributed by atoms with van der Waals surface area (Å²) in [4.78, 5) is 2.33. The minimum Gasteiger partial charge on any atom is -0.456 e. The number of hydrogen-bond donors (Lipinski definition) is 0. The van der Waals surface area contributed by atoms with Crippen molar-refractivity contribution in [3.8, 4) is 44.5 Å². The minimum absolute atomic E-state index is 0.892. The highest BCUT2D eigenvalue weighted by molar-refractivity contribution is 6.13. The van der Waals surface area contributed by atoms with Crippen LogP contribution >= 0.6 is 0 Å². The molecule has 0 aliphatic rings. The minimum atomic E-state index is 0.892. The quantitative estimate of drug-likeness (QED) is 0.161. The summed E-state index contributed by atoms with van der Waals surface area (Å²) in [6.45, 7) is 0. The van der Waals surface area contributed by atoms with Crippen molar-refractivity contribution in [3.05, 3.63) is 224 Å². The Hall–Kier alpha value is -8.60. The van der Waals surface area contributed by atoms with Crippen molar-refractivity contribution in [3.63, 3.8) is 0 Å². The van der Waals surface area contributed by atoms with Crippen molar-refractivity contribution in [2.45, 2.75) is 0 Å². The Morgan fingerprint density at radius 2 is 0.578 bits per heavy atom. The molecule has 64 heavy (non-hydrogen) atoms. The van der Waals surface area contributed by atoms with E-state index >= 15 is 0 Å². The van der Waals surface area contributed by atoms with Crippen molar-refractivity contribution < 1.29 is 13.3 Å². The van der Waals surface area contributed by atoms with E-state index in [0.717, 1.165) is 116 Å². The first-order valence-electron chi connectivity index (χ1n) is 21.6. The molecule has 0 fully saturated rings. The van der Waals surface area contributed by atoms with E-state index in [-0.39, 0.29) is 0 Å². The molecule has 0 unspecified atom stereocenters. The van der Waals surface area contributed by atoms with Crippen LogP contribution in [0.2, 0.25) is 0 Å². The van der Waals surface area contributed by atoms with Gasteiger partial charge in [0.2, 0.25) is 0 Å². The number of benzene rings is 10. The maximum absolute atomic E-state index is 6.25. The van der Waals surface area contributed by atoms with Crippen molar-refractivity contribution in [2.75, 3.05) is 4.90 Å². The molecule has 0 aliphatic carbocycles. The maximum Gasteiger partial charge on any atom is 0.136 e. The monoisotopic (exact) mass is 819 g/mol. The summed E-state index contributed by atoms with van der Waals surface area (Å²) in [7, 11) is 0. The molecule has 0 N–H and O–H groups in total. The number of fused-ring (bicyclic) bond motifs is 9. The molecular weight excluding hydrogens is 783 g/mol. The van der Waals surface area contributed by atoms with Crippen molar-refractivity contribution in [1.29, 1.82) is 0 Å². The van der Waals surface area contributed by atoms with Gasteiger partial charge in [0.05, 0.1) is 0 Å². The average Bonchev–Trinajstić information content (AvgIpc) is 4.06. The molecule has 4 heteroatoms. The second-order valence-corrected chi connectivity index (χ2v) is 16.4. The van der Waals surface area contributed by atoms with E-state index < -0.39 is 0 Å². The third-order valence-corrected chi connectivity index (χ3v) is 12.7. The van der Waals surface area contributed by atoms with Crippen LogP contribution in [0, 0.1) is 0 Å². The Morgan fingerprint density at radius 3 is 1.08 bits per heavy atom. The number of nitrogens with zero attached hydrogens (tertiary/aromatic N) is 1. The first-order valence-corrected chi connectivity index (χ1v) is 21.6. The molecule has 3 aromatic heterocycles. The fraction of sp³-hybridized carbons (Fsp3) is 0. The molecule has 0 spiro atoms. The van der Waals surface area contributed by atoms with Crippen LogP contribution < -0.4 is 4.90 Å². The van der Waals surface area contributed by atoms with Crippen LogP contribution in [0.3, 0.4) is 0 Å². The molecule has 0 saturated heterocycles. The molecule has 0 saturated carbocycles. The molecule has 300 valence electrons. The summed E-state index contributed by atoms with van der Waals surface area (Å²) in [6.07, 6.45) is 0. The number of anilines is 3. The van der Waals surface area contributed by atoms with Gasteiger partial charge in [0, 0.05) is 49.4 Å². The smallest absolute Gasteiger partial charge is 0.136 e. The fourth-order valence-electron chi connectivity index (χ4n) is 9.62. The van der Waals surface area contributed by atoms with Crippen LogP contribution in [0.15, 0.2) is 238 Å². The first kappa shape index (κ1) is 36.1. The van der Waals surface area contributed by atoms with E-state index in [1.54, 1.807) is 0 Å². The molecule has 0 aliphatic heterocycles. The van der Waals surface area contributed by atoms with Crippen LogP contribution in [-0.2, 0) is 0 Å². The van der Waals surface area contributed by atoms with Crippen LogP contribution in [-0.4, -0.2) is 0 Å². The Labute approximate surface area is 368 Å². The second kappa shape index (κ2) is 14.5. The van der Waals surface area contributed by atoms with Gasteiger partial charge in [0.25, 0.3) is 0 Å². The lowest BCUT2D eigenvalue weighted by Crippen LogP contribution is -2.09. The predicted molar refractivity (Wildman–Crippen MR) is 265 cm³/mol. The van der Waals surface area contributed by atoms with E-state index in [0.29, 0.717) is 0 Å².